The molecule has 3 heterocycles. The molecule has 0 aliphatic heterocycles. The van der Waals surface area contributed by atoms with Crippen molar-refractivity contribution in [1.82, 2.24) is 4.98 Å². The number of thiophene rings is 1. The van der Waals surface area contributed by atoms with Crippen LogP contribution in [0.5, 0.6) is 0 Å². The molecule has 7 nitrogen and oxygen atoms in total. The lowest BCUT2D eigenvalue weighted by molar-refractivity contribution is -0.117. The van der Waals surface area contributed by atoms with Gasteiger partial charge in [0.25, 0.3) is 0 Å². The Morgan fingerprint density at radius 2 is 1.94 bits per heavy atom. The van der Waals surface area contributed by atoms with E-state index in [1.807, 2.05) is 42.5 Å². The summed E-state index contributed by atoms with van der Waals surface area (Å²) in [6.45, 7) is -0.393. The SMILES string of the molecule is NC(=O)Cc1ccc(C(=O)COC(=O)c2c3c(nc4ccccc24)C(=Cc2ccco2)CC3)s1. The molecule has 0 atom stereocenters. The minimum atomic E-state index is -0.559. The number of fused-ring (bicyclic) bond motifs is 2. The number of rotatable bonds is 7. The van der Waals surface area contributed by atoms with Gasteiger partial charge >= 0.3 is 5.97 Å². The first-order valence-corrected chi connectivity index (χ1v) is 11.5. The van der Waals surface area contributed by atoms with Gasteiger partial charge in [-0.25, -0.2) is 9.78 Å². The third kappa shape index (κ3) is 4.27. The molecule has 0 unspecified atom stereocenters. The Bertz CT molecular complexity index is 1450. The summed E-state index contributed by atoms with van der Waals surface area (Å²) in [7, 11) is 0. The van der Waals surface area contributed by atoms with E-state index < -0.39 is 18.5 Å². The lowest BCUT2D eigenvalue weighted by Crippen LogP contribution is -2.16. The number of benzene rings is 1. The van der Waals surface area contributed by atoms with E-state index >= 15 is 0 Å². The molecule has 34 heavy (non-hydrogen) atoms. The van der Waals surface area contributed by atoms with E-state index in [0.29, 0.717) is 32.6 Å². The van der Waals surface area contributed by atoms with Crippen LogP contribution in [0.4, 0.5) is 0 Å². The molecule has 1 aliphatic carbocycles. The van der Waals surface area contributed by atoms with Crippen molar-refractivity contribution in [3.8, 4) is 0 Å². The number of Topliss-reactive ketones (excluding diaryl/α,β-unsaturated/α-hetero) is 1. The number of ether oxygens (including phenoxy) is 1. The monoisotopic (exact) mass is 472 g/mol. The number of para-hydroxylation sites is 1. The predicted molar refractivity (Wildman–Crippen MR) is 128 cm³/mol. The highest BCUT2D eigenvalue weighted by atomic mass is 32.1. The van der Waals surface area contributed by atoms with Crippen LogP contribution in [0.2, 0.25) is 0 Å². The van der Waals surface area contributed by atoms with Gasteiger partial charge in [0.2, 0.25) is 11.7 Å². The van der Waals surface area contributed by atoms with Crippen molar-refractivity contribution in [2.75, 3.05) is 6.61 Å². The van der Waals surface area contributed by atoms with Gasteiger partial charge in [-0.1, -0.05) is 18.2 Å². The van der Waals surface area contributed by atoms with E-state index in [1.54, 1.807) is 18.4 Å². The summed E-state index contributed by atoms with van der Waals surface area (Å²) in [4.78, 5) is 42.8. The molecule has 170 valence electrons. The third-order valence-corrected chi connectivity index (χ3v) is 6.75. The molecule has 1 aliphatic rings. The molecular weight excluding hydrogens is 452 g/mol. The molecule has 1 aromatic carbocycles. The number of aromatic nitrogens is 1. The average Bonchev–Trinajstić information content (AvgIpc) is 3.58. The fourth-order valence-corrected chi connectivity index (χ4v) is 5.07. The molecule has 0 saturated heterocycles. The highest BCUT2D eigenvalue weighted by Crippen LogP contribution is 2.37. The molecule has 1 amide bonds. The number of allylic oxidation sites excluding steroid dienone is 1. The van der Waals surface area contributed by atoms with E-state index in [0.717, 1.165) is 29.0 Å². The summed E-state index contributed by atoms with van der Waals surface area (Å²) in [6, 6.07) is 14.4. The number of pyridine rings is 1. The first-order valence-electron chi connectivity index (χ1n) is 10.7. The van der Waals surface area contributed by atoms with Crippen molar-refractivity contribution in [1.29, 1.82) is 0 Å². The molecule has 0 bridgehead atoms. The van der Waals surface area contributed by atoms with Gasteiger partial charge in [-0.15, -0.1) is 11.3 Å². The summed E-state index contributed by atoms with van der Waals surface area (Å²) in [5, 5.41) is 0.692. The van der Waals surface area contributed by atoms with Crippen molar-refractivity contribution in [2.45, 2.75) is 19.3 Å². The standard InChI is InChI=1S/C26H20N2O5S/c27-23(30)13-17-8-10-22(34-17)21(29)14-33-26(31)24-18-5-1-2-6-20(18)28-25-15(7-9-19(24)25)12-16-4-3-11-32-16/h1-6,8,10-12H,7,9,13-14H2,(H2,27,30). The number of ketones is 1. The van der Waals surface area contributed by atoms with Crippen LogP contribution in [0, 0.1) is 0 Å². The van der Waals surface area contributed by atoms with Crippen molar-refractivity contribution < 1.29 is 23.5 Å². The third-order valence-electron chi connectivity index (χ3n) is 5.62. The van der Waals surface area contributed by atoms with Gasteiger partial charge < -0.3 is 14.9 Å². The molecule has 2 N–H and O–H groups in total. The second-order valence-electron chi connectivity index (χ2n) is 7.92. The lowest BCUT2D eigenvalue weighted by Gasteiger charge is -2.12. The van der Waals surface area contributed by atoms with Crippen molar-refractivity contribution >= 4 is 51.5 Å². The Morgan fingerprint density at radius 3 is 2.74 bits per heavy atom. The van der Waals surface area contributed by atoms with Gasteiger partial charge in [-0.2, -0.15) is 0 Å². The van der Waals surface area contributed by atoms with Gasteiger partial charge in [0.05, 0.1) is 34.3 Å². The fourth-order valence-electron chi connectivity index (χ4n) is 4.13. The normalized spacial score (nSPS) is 13.8. The number of furan rings is 1. The van der Waals surface area contributed by atoms with Crippen LogP contribution < -0.4 is 5.73 Å². The van der Waals surface area contributed by atoms with Crippen LogP contribution in [-0.4, -0.2) is 29.3 Å². The van der Waals surface area contributed by atoms with E-state index in [-0.39, 0.29) is 12.2 Å². The zero-order chi connectivity index (χ0) is 23.7. The maximum absolute atomic E-state index is 13.2. The molecule has 0 saturated carbocycles. The number of primary amides is 1. The lowest BCUT2D eigenvalue weighted by atomic mass is 10.0. The summed E-state index contributed by atoms with van der Waals surface area (Å²) in [5.74, 6) is -0.635. The molecule has 4 aromatic rings. The summed E-state index contributed by atoms with van der Waals surface area (Å²) in [5.41, 5.74) is 8.89. The van der Waals surface area contributed by atoms with E-state index in [1.165, 1.54) is 11.3 Å². The molecule has 0 fully saturated rings. The number of hydrogen-bond donors (Lipinski definition) is 1. The first-order chi connectivity index (χ1) is 16.5. The second kappa shape index (κ2) is 9.07. The second-order valence-corrected chi connectivity index (χ2v) is 9.09. The number of esters is 1. The Balaban J connectivity index is 1.43. The highest BCUT2D eigenvalue weighted by Gasteiger charge is 2.28. The molecule has 5 rings (SSSR count). The quantitative estimate of drug-likeness (QED) is 0.314. The average molecular weight is 473 g/mol. The minimum Gasteiger partial charge on any atom is -0.465 e. The topological polar surface area (TPSA) is 112 Å². The number of hydrogen-bond acceptors (Lipinski definition) is 7. The summed E-state index contributed by atoms with van der Waals surface area (Å²) in [6.07, 6.45) is 4.98. The Hall–Kier alpha value is -4.04. The van der Waals surface area contributed by atoms with Crippen LogP contribution in [-0.2, 0) is 22.4 Å². The zero-order valence-corrected chi connectivity index (χ0v) is 18.9. The maximum Gasteiger partial charge on any atom is 0.339 e. The maximum atomic E-state index is 13.2. The smallest absolute Gasteiger partial charge is 0.339 e. The first kappa shape index (κ1) is 21.8. The van der Waals surface area contributed by atoms with Crippen LogP contribution in [0.25, 0.3) is 22.6 Å². The van der Waals surface area contributed by atoms with E-state index in [2.05, 4.69) is 0 Å². The van der Waals surface area contributed by atoms with Crippen LogP contribution in [0.15, 0.2) is 59.2 Å². The van der Waals surface area contributed by atoms with Crippen LogP contribution in [0.1, 0.15) is 48.3 Å². The predicted octanol–water partition coefficient (Wildman–Crippen LogP) is 4.44. The molecule has 0 spiro atoms. The van der Waals surface area contributed by atoms with Crippen molar-refractivity contribution in [3.05, 3.63) is 87.1 Å². The summed E-state index contributed by atoms with van der Waals surface area (Å²) >= 11 is 1.17. The Labute approximate surface area is 198 Å². The van der Waals surface area contributed by atoms with Gasteiger partial charge in [0.15, 0.2) is 6.61 Å². The molecular formula is C26H20N2O5S. The highest BCUT2D eigenvalue weighted by molar-refractivity contribution is 7.14. The van der Waals surface area contributed by atoms with Gasteiger partial charge in [-0.05, 0) is 60.4 Å². The van der Waals surface area contributed by atoms with Gasteiger partial charge in [-0.3, -0.25) is 9.59 Å². The molecule has 0 radical (unpaired) electrons. The van der Waals surface area contributed by atoms with Gasteiger partial charge in [0.1, 0.15) is 5.76 Å². The summed E-state index contributed by atoms with van der Waals surface area (Å²) < 4.78 is 10.9. The number of nitrogens with two attached hydrogens (primary N) is 1. The molecule has 8 heteroatoms. The minimum absolute atomic E-state index is 0.0702. The van der Waals surface area contributed by atoms with Crippen molar-refractivity contribution in [2.24, 2.45) is 5.73 Å². The fraction of sp³-hybridized carbons (Fsp3) is 0.154. The van der Waals surface area contributed by atoms with Crippen LogP contribution in [0.3, 0.4) is 0 Å². The Morgan fingerprint density at radius 1 is 1.09 bits per heavy atom. The van der Waals surface area contributed by atoms with Gasteiger partial charge in [0, 0.05) is 10.3 Å². The number of carbonyl (C=O) groups excluding carboxylic acids is 3. The van der Waals surface area contributed by atoms with E-state index in [4.69, 9.17) is 19.9 Å². The number of nitrogens with zero attached hydrogens (tertiary/aromatic N) is 1. The van der Waals surface area contributed by atoms with E-state index in [9.17, 15) is 14.4 Å². The van der Waals surface area contributed by atoms with Crippen molar-refractivity contribution in [3.63, 3.8) is 0 Å². The molecule has 3 aromatic heterocycles. The zero-order valence-electron chi connectivity index (χ0n) is 18.1. The largest absolute Gasteiger partial charge is 0.465 e. The number of carbonyl (C=O) groups is 3. The van der Waals surface area contributed by atoms with Crippen LogP contribution >= 0.6 is 11.3 Å². The number of amides is 1. The Kier molecular flexibility index (Phi) is 5.81.